The van der Waals surface area contributed by atoms with E-state index in [9.17, 15) is 4.79 Å². The lowest BCUT2D eigenvalue weighted by atomic mass is 9.97. The van der Waals surface area contributed by atoms with Gasteiger partial charge in [0.2, 0.25) is 0 Å². The predicted molar refractivity (Wildman–Crippen MR) is 116 cm³/mol. The molecule has 29 heavy (non-hydrogen) atoms. The summed E-state index contributed by atoms with van der Waals surface area (Å²) in [6.07, 6.45) is 8.39. The van der Waals surface area contributed by atoms with Crippen LogP contribution in [0.15, 0.2) is 70.2 Å². The molecule has 0 saturated heterocycles. The molecule has 2 heterocycles. The number of amides is 1. The van der Waals surface area contributed by atoms with E-state index in [1.807, 2.05) is 30.4 Å². The molecule has 1 N–H and O–H groups in total. The lowest BCUT2D eigenvalue weighted by Crippen LogP contribution is -2.32. The highest BCUT2D eigenvalue weighted by Crippen LogP contribution is 2.21. The van der Waals surface area contributed by atoms with Gasteiger partial charge in [-0.2, -0.15) is 0 Å². The molecule has 0 aliphatic heterocycles. The summed E-state index contributed by atoms with van der Waals surface area (Å²) in [4.78, 5) is 12.6. The van der Waals surface area contributed by atoms with Crippen LogP contribution in [0.4, 0.5) is 0 Å². The van der Waals surface area contributed by atoms with Crippen molar-refractivity contribution in [2.75, 3.05) is 0 Å². The molecule has 1 atom stereocenters. The zero-order valence-electron chi connectivity index (χ0n) is 17.2. The van der Waals surface area contributed by atoms with Gasteiger partial charge in [0, 0.05) is 6.42 Å². The fourth-order valence-corrected chi connectivity index (χ4v) is 3.46. The standard InChI is InChI=1S/C25H27NO3/c1-5-7-20(9-10-21-8-6-13-28-21)26-25(27)24-12-11-22(29-24)16-23-18(3)14-17(2)15-19(23)4/h5-6,8-15,20H,1,7,16H2,2-4H3,(H,26,27)/b10-9+. The molecule has 0 saturated carbocycles. The van der Waals surface area contributed by atoms with Crippen molar-refractivity contribution in [3.05, 3.63) is 101 Å². The fraction of sp³-hybridized carbons (Fsp3) is 0.240. The van der Waals surface area contributed by atoms with Crippen LogP contribution in [0.1, 0.15) is 50.7 Å². The van der Waals surface area contributed by atoms with Crippen molar-refractivity contribution >= 4 is 12.0 Å². The number of hydrogen-bond acceptors (Lipinski definition) is 3. The summed E-state index contributed by atoms with van der Waals surface area (Å²) in [5, 5.41) is 2.97. The predicted octanol–water partition coefficient (Wildman–Crippen LogP) is 5.78. The van der Waals surface area contributed by atoms with Gasteiger partial charge in [-0.05, 0) is 74.2 Å². The zero-order chi connectivity index (χ0) is 20.8. The zero-order valence-corrected chi connectivity index (χ0v) is 17.2. The number of hydrogen-bond donors (Lipinski definition) is 1. The van der Waals surface area contributed by atoms with E-state index in [1.54, 1.807) is 18.4 Å². The Balaban J connectivity index is 1.68. The van der Waals surface area contributed by atoms with E-state index in [0.29, 0.717) is 18.6 Å². The molecule has 1 unspecified atom stereocenters. The molecular formula is C25H27NO3. The molecular weight excluding hydrogens is 362 g/mol. The second-order valence-electron chi connectivity index (χ2n) is 7.30. The van der Waals surface area contributed by atoms with Gasteiger partial charge in [-0.15, -0.1) is 6.58 Å². The first-order chi connectivity index (χ1) is 14.0. The molecule has 0 aliphatic carbocycles. The van der Waals surface area contributed by atoms with E-state index in [4.69, 9.17) is 8.83 Å². The van der Waals surface area contributed by atoms with Crippen LogP contribution < -0.4 is 5.32 Å². The molecule has 2 aromatic heterocycles. The summed E-state index contributed by atoms with van der Waals surface area (Å²) >= 11 is 0. The third kappa shape index (κ3) is 5.38. The first-order valence-corrected chi connectivity index (χ1v) is 9.75. The highest BCUT2D eigenvalue weighted by molar-refractivity contribution is 5.91. The Kier molecular flexibility index (Phi) is 6.55. The summed E-state index contributed by atoms with van der Waals surface area (Å²) < 4.78 is 11.1. The highest BCUT2D eigenvalue weighted by Gasteiger charge is 2.15. The lowest BCUT2D eigenvalue weighted by Gasteiger charge is -2.12. The topological polar surface area (TPSA) is 55.4 Å². The fourth-order valence-electron chi connectivity index (χ4n) is 3.46. The number of nitrogens with one attached hydrogen (secondary N) is 1. The number of rotatable bonds is 8. The van der Waals surface area contributed by atoms with Crippen LogP contribution in [0.2, 0.25) is 0 Å². The molecule has 0 bridgehead atoms. The maximum Gasteiger partial charge on any atom is 0.287 e. The van der Waals surface area contributed by atoms with Crippen LogP contribution in [-0.2, 0) is 6.42 Å². The molecule has 0 aliphatic rings. The average Bonchev–Trinajstić information content (AvgIpc) is 3.35. The molecule has 3 rings (SSSR count). The SMILES string of the molecule is C=CCC(/C=C/c1ccco1)NC(=O)c1ccc(Cc2c(C)cc(C)cc2C)o1. The number of benzene rings is 1. The Hall–Kier alpha value is -3.27. The molecule has 3 aromatic rings. The molecule has 0 fully saturated rings. The van der Waals surface area contributed by atoms with Gasteiger partial charge in [0.1, 0.15) is 11.5 Å². The third-order valence-corrected chi connectivity index (χ3v) is 4.85. The van der Waals surface area contributed by atoms with Gasteiger partial charge in [-0.3, -0.25) is 4.79 Å². The van der Waals surface area contributed by atoms with E-state index in [1.165, 1.54) is 22.3 Å². The van der Waals surface area contributed by atoms with Crippen LogP contribution >= 0.6 is 0 Å². The molecule has 4 heteroatoms. The smallest absolute Gasteiger partial charge is 0.287 e. The number of carbonyl (C=O) groups excluding carboxylic acids is 1. The Labute approximate surface area is 171 Å². The maximum atomic E-state index is 12.6. The van der Waals surface area contributed by atoms with Crippen molar-refractivity contribution < 1.29 is 13.6 Å². The largest absolute Gasteiger partial charge is 0.465 e. The van der Waals surface area contributed by atoms with Crippen LogP contribution in [0.3, 0.4) is 0 Å². The van der Waals surface area contributed by atoms with Gasteiger partial charge in [-0.1, -0.05) is 29.8 Å². The monoisotopic (exact) mass is 389 g/mol. The summed E-state index contributed by atoms with van der Waals surface area (Å²) in [5.41, 5.74) is 4.96. The normalized spacial score (nSPS) is 12.2. The molecule has 1 aromatic carbocycles. The van der Waals surface area contributed by atoms with Crippen LogP contribution in [0.25, 0.3) is 6.08 Å². The van der Waals surface area contributed by atoms with E-state index >= 15 is 0 Å². The second-order valence-corrected chi connectivity index (χ2v) is 7.30. The molecule has 4 nitrogen and oxygen atoms in total. The summed E-state index contributed by atoms with van der Waals surface area (Å²) in [7, 11) is 0. The number of carbonyl (C=O) groups is 1. The van der Waals surface area contributed by atoms with Crippen molar-refractivity contribution in [1.29, 1.82) is 0 Å². The van der Waals surface area contributed by atoms with Gasteiger partial charge in [0.15, 0.2) is 5.76 Å². The quantitative estimate of drug-likeness (QED) is 0.497. The molecule has 1 amide bonds. The Morgan fingerprint density at radius 2 is 1.93 bits per heavy atom. The summed E-state index contributed by atoms with van der Waals surface area (Å²) in [5.74, 6) is 1.57. The number of aryl methyl sites for hydroxylation is 3. The Morgan fingerprint density at radius 1 is 1.17 bits per heavy atom. The van der Waals surface area contributed by atoms with Crippen LogP contribution in [-0.4, -0.2) is 11.9 Å². The number of furan rings is 2. The van der Waals surface area contributed by atoms with Gasteiger partial charge in [0.05, 0.1) is 12.3 Å². The van der Waals surface area contributed by atoms with Crippen molar-refractivity contribution in [3.63, 3.8) is 0 Å². The average molecular weight is 389 g/mol. The Bertz CT molecular complexity index is 986. The Morgan fingerprint density at radius 3 is 2.59 bits per heavy atom. The first-order valence-electron chi connectivity index (χ1n) is 9.75. The molecule has 0 spiro atoms. The summed E-state index contributed by atoms with van der Waals surface area (Å²) in [6, 6.07) is 11.4. The third-order valence-electron chi connectivity index (χ3n) is 4.85. The van der Waals surface area contributed by atoms with Crippen molar-refractivity contribution in [2.24, 2.45) is 0 Å². The van der Waals surface area contributed by atoms with Crippen LogP contribution in [0, 0.1) is 20.8 Å². The van der Waals surface area contributed by atoms with Crippen LogP contribution in [0.5, 0.6) is 0 Å². The molecule has 0 radical (unpaired) electrons. The minimum atomic E-state index is -0.246. The highest BCUT2D eigenvalue weighted by atomic mass is 16.4. The van der Waals surface area contributed by atoms with E-state index < -0.39 is 0 Å². The van der Waals surface area contributed by atoms with Crippen molar-refractivity contribution in [1.82, 2.24) is 5.32 Å². The lowest BCUT2D eigenvalue weighted by molar-refractivity contribution is 0.0915. The minimum Gasteiger partial charge on any atom is -0.465 e. The van der Waals surface area contributed by atoms with Crippen molar-refractivity contribution in [2.45, 2.75) is 39.7 Å². The van der Waals surface area contributed by atoms with Gasteiger partial charge < -0.3 is 14.2 Å². The van der Waals surface area contributed by atoms with E-state index in [-0.39, 0.29) is 11.9 Å². The minimum absolute atomic E-state index is 0.194. The molecule has 150 valence electrons. The first kappa shape index (κ1) is 20.5. The van der Waals surface area contributed by atoms with Crippen molar-refractivity contribution in [3.8, 4) is 0 Å². The van der Waals surface area contributed by atoms with E-state index in [2.05, 4.69) is 44.8 Å². The van der Waals surface area contributed by atoms with Gasteiger partial charge in [0.25, 0.3) is 5.91 Å². The van der Waals surface area contributed by atoms with Gasteiger partial charge >= 0.3 is 0 Å². The van der Waals surface area contributed by atoms with Gasteiger partial charge in [-0.25, -0.2) is 0 Å². The van der Waals surface area contributed by atoms with E-state index in [0.717, 1.165) is 11.5 Å². The summed E-state index contributed by atoms with van der Waals surface area (Å²) in [6.45, 7) is 10.1. The maximum absolute atomic E-state index is 12.6. The second kappa shape index (κ2) is 9.28.